The standard InChI is InChI=1S/C22H27N3O6S/c1-14(2)11-18-21(26)25(22(27)24-18)16-6-8-17(9-7-16)32(28,29)23-13-15-5-10-19(30-3)20(12-15)31-4/h5-10,12,14,18,23H,11,13H2,1-4H3,(H,24,27)/t18-/m0/s1. The molecule has 0 radical (unpaired) electrons. The minimum atomic E-state index is -3.81. The van der Waals surface area contributed by atoms with Crippen molar-refractivity contribution >= 4 is 27.6 Å². The lowest BCUT2D eigenvalue weighted by molar-refractivity contribution is -0.118. The number of sulfonamides is 1. The molecular weight excluding hydrogens is 434 g/mol. The number of ether oxygens (including phenoxy) is 2. The molecule has 2 aromatic rings. The van der Waals surface area contributed by atoms with Crippen LogP contribution in [0.4, 0.5) is 10.5 Å². The van der Waals surface area contributed by atoms with E-state index in [4.69, 9.17) is 9.47 Å². The molecule has 1 aliphatic rings. The Labute approximate surface area is 187 Å². The zero-order valence-corrected chi connectivity index (χ0v) is 19.2. The summed E-state index contributed by atoms with van der Waals surface area (Å²) in [6.07, 6.45) is 0.535. The highest BCUT2D eigenvalue weighted by molar-refractivity contribution is 7.89. The highest BCUT2D eigenvalue weighted by Gasteiger charge is 2.39. The topological polar surface area (TPSA) is 114 Å². The molecule has 1 atom stereocenters. The molecule has 1 aliphatic heterocycles. The van der Waals surface area contributed by atoms with E-state index >= 15 is 0 Å². The van der Waals surface area contributed by atoms with Gasteiger partial charge in [0.05, 0.1) is 24.8 Å². The normalized spacial score (nSPS) is 16.4. The number of hydrogen-bond donors (Lipinski definition) is 2. The van der Waals surface area contributed by atoms with Gasteiger partial charge >= 0.3 is 6.03 Å². The molecule has 9 nitrogen and oxygen atoms in total. The maximum atomic E-state index is 12.7. The molecule has 172 valence electrons. The molecule has 10 heteroatoms. The van der Waals surface area contributed by atoms with Crippen molar-refractivity contribution in [1.82, 2.24) is 10.0 Å². The molecule has 0 spiro atoms. The van der Waals surface area contributed by atoms with Gasteiger partial charge in [-0.05, 0) is 54.3 Å². The third-order valence-corrected chi connectivity index (χ3v) is 6.46. The van der Waals surface area contributed by atoms with Crippen LogP contribution in [0.15, 0.2) is 47.4 Å². The second kappa shape index (κ2) is 9.58. The van der Waals surface area contributed by atoms with E-state index in [1.165, 1.54) is 38.5 Å². The quantitative estimate of drug-likeness (QED) is 0.555. The fourth-order valence-corrected chi connectivity index (χ4v) is 4.45. The molecule has 2 aromatic carbocycles. The van der Waals surface area contributed by atoms with Crippen molar-refractivity contribution in [2.45, 2.75) is 37.8 Å². The minimum absolute atomic E-state index is 0.0208. The van der Waals surface area contributed by atoms with Crippen LogP contribution in [0.1, 0.15) is 25.8 Å². The number of urea groups is 1. The Morgan fingerprint density at radius 2 is 1.69 bits per heavy atom. The molecule has 3 amide bonds. The van der Waals surface area contributed by atoms with E-state index in [0.717, 1.165) is 4.90 Å². The fraction of sp³-hybridized carbons (Fsp3) is 0.364. The van der Waals surface area contributed by atoms with Crippen LogP contribution in [-0.2, 0) is 21.4 Å². The number of carbonyl (C=O) groups excluding carboxylic acids is 2. The van der Waals surface area contributed by atoms with E-state index in [1.54, 1.807) is 18.2 Å². The Kier molecular flexibility index (Phi) is 7.05. The van der Waals surface area contributed by atoms with Crippen molar-refractivity contribution in [3.8, 4) is 11.5 Å². The van der Waals surface area contributed by atoms with Crippen LogP contribution in [0.5, 0.6) is 11.5 Å². The van der Waals surface area contributed by atoms with Gasteiger partial charge < -0.3 is 14.8 Å². The third-order valence-electron chi connectivity index (χ3n) is 5.05. The first kappa shape index (κ1) is 23.6. The molecule has 1 saturated heterocycles. The molecule has 0 aromatic heterocycles. The summed E-state index contributed by atoms with van der Waals surface area (Å²) in [7, 11) is -0.789. The molecule has 32 heavy (non-hydrogen) atoms. The predicted octanol–water partition coefficient (Wildman–Crippen LogP) is 2.65. The van der Waals surface area contributed by atoms with Crippen molar-refractivity contribution in [3.05, 3.63) is 48.0 Å². The second-order valence-electron chi connectivity index (χ2n) is 7.81. The Hall–Kier alpha value is -3.11. The van der Waals surface area contributed by atoms with Gasteiger partial charge in [0.25, 0.3) is 5.91 Å². The second-order valence-corrected chi connectivity index (χ2v) is 9.58. The minimum Gasteiger partial charge on any atom is -0.493 e. The lowest BCUT2D eigenvalue weighted by atomic mass is 10.0. The summed E-state index contributed by atoms with van der Waals surface area (Å²) in [5.41, 5.74) is 1.01. The van der Waals surface area contributed by atoms with Crippen molar-refractivity contribution in [2.24, 2.45) is 5.92 Å². The van der Waals surface area contributed by atoms with E-state index in [9.17, 15) is 18.0 Å². The Morgan fingerprint density at radius 3 is 2.28 bits per heavy atom. The SMILES string of the molecule is COc1ccc(CNS(=O)(=O)c2ccc(N3C(=O)N[C@@H](CC(C)C)C3=O)cc2)cc1OC. The van der Waals surface area contributed by atoms with E-state index < -0.39 is 22.1 Å². The number of benzene rings is 2. The molecule has 0 bridgehead atoms. The largest absolute Gasteiger partial charge is 0.493 e. The summed E-state index contributed by atoms with van der Waals surface area (Å²) < 4.78 is 38.3. The molecular formula is C22H27N3O6S. The highest BCUT2D eigenvalue weighted by Crippen LogP contribution is 2.28. The van der Waals surface area contributed by atoms with Gasteiger partial charge in [0.1, 0.15) is 6.04 Å². The third kappa shape index (κ3) is 5.03. The first-order valence-corrected chi connectivity index (χ1v) is 11.6. The van der Waals surface area contributed by atoms with Crippen molar-refractivity contribution < 1.29 is 27.5 Å². The molecule has 1 heterocycles. The summed E-state index contributed by atoms with van der Waals surface area (Å²) in [6, 6.07) is 9.65. The van der Waals surface area contributed by atoms with Gasteiger partial charge in [-0.3, -0.25) is 4.79 Å². The monoisotopic (exact) mass is 461 g/mol. The van der Waals surface area contributed by atoms with Crippen LogP contribution in [0, 0.1) is 5.92 Å². The number of hydrogen-bond acceptors (Lipinski definition) is 6. The van der Waals surface area contributed by atoms with Gasteiger partial charge in [0.2, 0.25) is 10.0 Å². The van der Waals surface area contributed by atoms with E-state index in [1.807, 2.05) is 13.8 Å². The van der Waals surface area contributed by atoms with E-state index in [0.29, 0.717) is 29.2 Å². The Bertz CT molecular complexity index is 1100. The highest BCUT2D eigenvalue weighted by atomic mass is 32.2. The van der Waals surface area contributed by atoms with E-state index in [-0.39, 0.29) is 23.3 Å². The maximum Gasteiger partial charge on any atom is 0.329 e. The predicted molar refractivity (Wildman–Crippen MR) is 119 cm³/mol. The lowest BCUT2D eigenvalue weighted by Crippen LogP contribution is -2.32. The van der Waals surface area contributed by atoms with Crippen molar-refractivity contribution in [2.75, 3.05) is 19.1 Å². The van der Waals surface area contributed by atoms with Gasteiger partial charge in [0, 0.05) is 6.54 Å². The first-order chi connectivity index (χ1) is 15.2. The van der Waals surface area contributed by atoms with Crippen LogP contribution in [0.2, 0.25) is 0 Å². The average molecular weight is 462 g/mol. The Balaban J connectivity index is 1.71. The summed E-state index contributed by atoms with van der Waals surface area (Å²) in [5.74, 6) is 0.947. The van der Waals surface area contributed by atoms with E-state index in [2.05, 4.69) is 10.0 Å². The number of amides is 3. The number of anilines is 1. The van der Waals surface area contributed by atoms with Crippen molar-refractivity contribution in [3.63, 3.8) is 0 Å². The number of methoxy groups -OCH3 is 2. The van der Waals surface area contributed by atoms with Gasteiger partial charge in [0.15, 0.2) is 11.5 Å². The van der Waals surface area contributed by atoms with Crippen LogP contribution in [0.3, 0.4) is 0 Å². The smallest absolute Gasteiger partial charge is 0.329 e. The number of imide groups is 1. The van der Waals surface area contributed by atoms with Gasteiger partial charge in [-0.1, -0.05) is 19.9 Å². The first-order valence-electron chi connectivity index (χ1n) is 10.1. The number of nitrogens with zero attached hydrogens (tertiary/aromatic N) is 1. The molecule has 2 N–H and O–H groups in total. The summed E-state index contributed by atoms with van der Waals surface area (Å²) in [5, 5.41) is 2.67. The van der Waals surface area contributed by atoms with Gasteiger partial charge in [-0.15, -0.1) is 0 Å². The van der Waals surface area contributed by atoms with Gasteiger partial charge in [-0.25, -0.2) is 22.8 Å². The number of carbonyl (C=O) groups is 2. The summed E-state index contributed by atoms with van der Waals surface area (Å²) >= 11 is 0. The number of nitrogens with one attached hydrogen (secondary N) is 2. The fourth-order valence-electron chi connectivity index (χ4n) is 3.43. The van der Waals surface area contributed by atoms with Crippen LogP contribution < -0.4 is 24.4 Å². The average Bonchev–Trinajstić information content (AvgIpc) is 3.04. The van der Waals surface area contributed by atoms with Crippen LogP contribution >= 0.6 is 0 Å². The summed E-state index contributed by atoms with van der Waals surface area (Å²) in [4.78, 5) is 25.9. The van der Waals surface area contributed by atoms with Crippen LogP contribution in [0.25, 0.3) is 0 Å². The Morgan fingerprint density at radius 1 is 1.03 bits per heavy atom. The van der Waals surface area contributed by atoms with Gasteiger partial charge in [-0.2, -0.15) is 0 Å². The molecule has 0 unspecified atom stereocenters. The molecule has 3 rings (SSSR count). The zero-order valence-electron chi connectivity index (χ0n) is 18.4. The lowest BCUT2D eigenvalue weighted by Gasteiger charge is -2.15. The maximum absolute atomic E-state index is 12.7. The molecule has 0 saturated carbocycles. The zero-order chi connectivity index (χ0) is 23.5. The molecule has 1 fully saturated rings. The van der Waals surface area contributed by atoms with Crippen molar-refractivity contribution in [1.29, 1.82) is 0 Å². The number of rotatable bonds is 9. The summed E-state index contributed by atoms with van der Waals surface area (Å²) in [6.45, 7) is 3.99. The van der Waals surface area contributed by atoms with Crippen LogP contribution in [-0.4, -0.2) is 40.6 Å². The molecule has 0 aliphatic carbocycles.